The molecule has 0 bridgehead atoms. The van der Waals surface area contributed by atoms with Gasteiger partial charge in [0.05, 0.1) is 0 Å². The third-order valence-electron chi connectivity index (χ3n) is 4.87. The van der Waals surface area contributed by atoms with Crippen molar-refractivity contribution < 1.29 is 18.7 Å². The van der Waals surface area contributed by atoms with Crippen LogP contribution in [0.2, 0.25) is 0 Å². The topological polar surface area (TPSA) is 63.4 Å². The Kier molecular flexibility index (Phi) is 4.26. The Morgan fingerprint density at radius 2 is 1.93 bits per heavy atom. The van der Waals surface area contributed by atoms with Crippen LogP contribution in [0.3, 0.4) is 0 Å². The number of rotatable bonds is 4. The maximum atomic E-state index is 13.8. The molecular weight excluding hydrogens is 347 g/mol. The first-order valence-electron chi connectivity index (χ1n) is 8.90. The Bertz CT molecular complexity index is 1010. The average molecular weight is 368 g/mol. The second-order valence-electron chi connectivity index (χ2n) is 7.31. The van der Waals surface area contributed by atoms with E-state index in [-0.39, 0.29) is 17.1 Å². The second-order valence-corrected chi connectivity index (χ2v) is 7.31. The fourth-order valence-electron chi connectivity index (χ4n) is 3.20. The summed E-state index contributed by atoms with van der Waals surface area (Å²) in [6.45, 7) is 5.60. The summed E-state index contributed by atoms with van der Waals surface area (Å²) < 4.78 is 25.0. The van der Waals surface area contributed by atoms with Crippen LogP contribution < -0.4 is 14.8 Å². The zero-order valence-corrected chi connectivity index (χ0v) is 15.3. The van der Waals surface area contributed by atoms with Crippen molar-refractivity contribution in [1.29, 1.82) is 0 Å². The zero-order valence-electron chi connectivity index (χ0n) is 15.3. The lowest BCUT2D eigenvalue weighted by molar-refractivity contribution is 0.0941. The predicted molar refractivity (Wildman–Crippen MR) is 101 cm³/mol. The molecule has 1 amide bonds. The van der Waals surface area contributed by atoms with Crippen LogP contribution in [0.1, 0.15) is 29.9 Å². The van der Waals surface area contributed by atoms with E-state index in [9.17, 15) is 9.18 Å². The maximum Gasteiger partial charge on any atom is 0.267 e. The Balaban J connectivity index is 1.49. The van der Waals surface area contributed by atoms with E-state index in [1.165, 1.54) is 12.1 Å². The molecule has 1 aliphatic rings. The van der Waals surface area contributed by atoms with Crippen LogP contribution in [-0.2, 0) is 5.41 Å². The van der Waals surface area contributed by atoms with Crippen LogP contribution in [-0.4, -0.2) is 30.6 Å². The summed E-state index contributed by atoms with van der Waals surface area (Å²) >= 11 is 0. The highest BCUT2D eigenvalue weighted by Gasteiger charge is 2.25. The van der Waals surface area contributed by atoms with Crippen molar-refractivity contribution >= 4 is 16.8 Å². The van der Waals surface area contributed by atoms with E-state index in [2.05, 4.69) is 10.3 Å². The Hall–Kier alpha value is -3.02. The number of aromatic amines is 1. The summed E-state index contributed by atoms with van der Waals surface area (Å²) in [5, 5.41) is 3.34. The quantitative estimate of drug-likeness (QED) is 0.737. The third-order valence-corrected chi connectivity index (χ3v) is 4.87. The lowest BCUT2D eigenvalue weighted by atomic mass is 9.84. The molecule has 140 valence electrons. The van der Waals surface area contributed by atoms with Gasteiger partial charge >= 0.3 is 0 Å². The monoisotopic (exact) mass is 368 g/mol. The standard InChI is InChI=1S/C21H21FN2O3/c1-21(2,13-6-7-18-19(10-13)27-9-8-26-18)12-23-20(25)17-11-14-15(22)4-3-5-16(14)24-17/h3-7,10-11,24H,8-9,12H2,1-2H3,(H,23,25). The van der Waals surface area contributed by atoms with Crippen molar-refractivity contribution in [2.24, 2.45) is 0 Å². The number of nitrogens with one attached hydrogen (secondary N) is 2. The first kappa shape index (κ1) is 17.4. The van der Waals surface area contributed by atoms with Crippen LogP contribution in [0.25, 0.3) is 10.9 Å². The largest absolute Gasteiger partial charge is 0.486 e. The highest BCUT2D eigenvalue weighted by molar-refractivity contribution is 5.98. The van der Waals surface area contributed by atoms with Gasteiger partial charge in [-0.25, -0.2) is 4.39 Å². The van der Waals surface area contributed by atoms with Gasteiger partial charge in [0.1, 0.15) is 24.7 Å². The SMILES string of the molecule is CC(C)(CNC(=O)c1cc2c(F)cccc2[nH]1)c1ccc2c(c1)OCCO2. The number of carbonyl (C=O) groups excluding carboxylic acids is 1. The van der Waals surface area contributed by atoms with Gasteiger partial charge in [-0.2, -0.15) is 0 Å². The normalized spacial score (nSPS) is 13.6. The molecule has 0 spiro atoms. The number of aromatic nitrogens is 1. The van der Waals surface area contributed by atoms with Gasteiger partial charge in [-0.1, -0.05) is 26.0 Å². The second kappa shape index (κ2) is 6.61. The fraction of sp³-hybridized carbons (Fsp3) is 0.286. The van der Waals surface area contributed by atoms with E-state index >= 15 is 0 Å². The van der Waals surface area contributed by atoms with Crippen molar-refractivity contribution in [3.8, 4) is 11.5 Å². The minimum atomic E-state index is -0.348. The number of fused-ring (bicyclic) bond motifs is 2. The highest BCUT2D eigenvalue weighted by Crippen LogP contribution is 2.35. The van der Waals surface area contributed by atoms with Gasteiger partial charge in [-0.3, -0.25) is 4.79 Å². The van der Waals surface area contributed by atoms with Gasteiger partial charge in [0, 0.05) is 22.9 Å². The van der Waals surface area contributed by atoms with Crippen LogP contribution in [0.15, 0.2) is 42.5 Å². The summed E-state index contributed by atoms with van der Waals surface area (Å²) in [7, 11) is 0. The molecular formula is C21H21FN2O3. The molecule has 2 aromatic carbocycles. The fourth-order valence-corrected chi connectivity index (χ4v) is 3.20. The van der Waals surface area contributed by atoms with Gasteiger partial charge in [0.2, 0.25) is 0 Å². The Morgan fingerprint density at radius 1 is 1.15 bits per heavy atom. The maximum absolute atomic E-state index is 13.8. The highest BCUT2D eigenvalue weighted by atomic mass is 19.1. The molecule has 6 heteroatoms. The Morgan fingerprint density at radius 3 is 2.70 bits per heavy atom. The molecule has 1 aliphatic heterocycles. The van der Waals surface area contributed by atoms with Crippen molar-refractivity contribution in [3.63, 3.8) is 0 Å². The van der Waals surface area contributed by atoms with Gasteiger partial charge < -0.3 is 19.8 Å². The number of benzene rings is 2. The number of amides is 1. The third kappa shape index (κ3) is 3.35. The summed E-state index contributed by atoms with van der Waals surface area (Å²) in [4.78, 5) is 15.5. The van der Waals surface area contributed by atoms with Crippen molar-refractivity contribution in [2.75, 3.05) is 19.8 Å². The molecule has 0 unspecified atom stereocenters. The van der Waals surface area contributed by atoms with E-state index in [4.69, 9.17) is 9.47 Å². The molecule has 0 atom stereocenters. The predicted octanol–water partition coefficient (Wildman–Crippen LogP) is 3.79. The average Bonchev–Trinajstić information content (AvgIpc) is 3.12. The number of carbonyl (C=O) groups is 1. The molecule has 0 aliphatic carbocycles. The first-order chi connectivity index (χ1) is 12.9. The van der Waals surface area contributed by atoms with Crippen molar-refractivity contribution in [1.82, 2.24) is 10.3 Å². The number of hydrogen-bond donors (Lipinski definition) is 2. The van der Waals surface area contributed by atoms with E-state index in [1.54, 1.807) is 12.1 Å². The van der Waals surface area contributed by atoms with Gasteiger partial charge in [0.15, 0.2) is 11.5 Å². The summed E-state index contributed by atoms with van der Waals surface area (Å²) in [6, 6.07) is 12.1. The first-order valence-corrected chi connectivity index (χ1v) is 8.90. The minimum Gasteiger partial charge on any atom is -0.486 e. The minimum absolute atomic E-state index is 0.267. The molecule has 5 nitrogen and oxygen atoms in total. The molecule has 27 heavy (non-hydrogen) atoms. The lowest BCUT2D eigenvalue weighted by Crippen LogP contribution is -2.36. The van der Waals surface area contributed by atoms with Crippen molar-refractivity contribution in [2.45, 2.75) is 19.3 Å². The molecule has 2 heterocycles. The summed E-state index contributed by atoms with van der Waals surface area (Å²) in [5.41, 5.74) is 1.66. The number of H-pyrrole nitrogens is 1. The van der Waals surface area contributed by atoms with Crippen LogP contribution in [0.5, 0.6) is 11.5 Å². The number of hydrogen-bond acceptors (Lipinski definition) is 3. The van der Waals surface area contributed by atoms with E-state index in [0.717, 1.165) is 17.1 Å². The molecule has 0 saturated carbocycles. The number of halogens is 1. The van der Waals surface area contributed by atoms with Crippen LogP contribution in [0.4, 0.5) is 4.39 Å². The molecule has 3 aromatic rings. The lowest BCUT2D eigenvalue weighted by Gasteiger charge is -2.27. The van der Waals surface area contributed by atoms with Gasteiger partial charge in [-0.05, 0) is 35.9 Å². The van der Waals surface area contributed by atoms with Crippen LogP contribution in [0, 0.1) is 5.82 Å². The summed E-state index contributed by atoms with van der Waals surface area (Å²) in [6.07, 6.45) is 0. The smallest absolute Gasteiger partial charge is 0.267 e. The van der Waals surface area contributed by atoms with Gasteiger partial charge in [0.25, 0.3) is 5.91 Å². The summed E-state index contributed by atoms with van der Waals surface area (Å²) in [5.74, 6) is 0.852. The zero-order chi connectivity index (χ0) is 19.0. The van der Waals surface area contributed by atoms with E-state index < -0.39 is 0 Å². The molecule has 0 saturated heterocycles. The molecule has 2 N–H and O–H groups in total. The molecule has 0 radical (unpaired) electrons. The molecule has 4 rings (SSSR count). The molecule has 0 fully saturated rings. The Labute approximate surface area is 156 Å². The number of ether oxygens (including phenoxy) is 2. The van der Waals surface area contributed by atoms with Crippen molar-refractivity contribution in [3.05, 3.63) is 59.5 Å². The van der Waals surface area contributed by atoms with E-state index in [0.29, 0.717) is 36.4 Å². The molecule has 1 aromatic heterocycles. The van der Waals surface area contributed by atoms with Gasteiger partial charge in [-0.15, -0.1) is 0 Å². The van der Waals surface area contributed by atoms with Crippen LogP contribution >= 0.6 is 0 Å². The van der Waals surface area contributed by atoms with E-state index in [1.807, 2.05) is 32.0 Å².